The van der Waals surface area contributed by atoms with E-state index in [0.717, 1.165) is 0 Å². The van der Waals surface area contributed by atoms with Crippen LogP contribution in [-0.2, 0) is 30.4 Å². The van der Waals surface area contributed by atoms with Crippen LogP contribution in [-0.4, -0.2) is 77.0 Å². The fourth-order valence-electron chi connectivity index (χ4n) is 3.05. The lowest BCUT2D eigenvalue weighted by Gasteiger charge is -2.24. The Morgan fingerprint density at radius 1 is 0.889 bits per heavy atom. The number of hydrogen-bond donors (Lipinski definition) is 9. The maximum Gasteiger partial charge on any atom is 0.326 e. The van der Waals surface area contributed by atoms with Gasteiger partial charge in [0.2, 0.25) is 23.6 Å². The zero-order chi connectivity index (χ0) is 27.3. The second-order valence-electron chi connectivity index (χ2n) is 7.77. The van der Waals surface area contributed by atoms with Crippen molar-refractivity contribution in [3.8, 4) is 5.75 Å². The van der Waals surface area contributed by atoms with Crippen molar-refractivity contribution in [2.45, 2.75) is 43.8 Å². The van der Waals surface area contributed by atoms with Gasteiger partial charge in [-0.2, -0.15) is 0 Å². The lowest BCUT2D eigenvalue weighted by Crippen LogP contribution is -2.57. The second kappa shape index (κ2) is 14.8. The van der Waals surface area contributed by atoms with Gasteiger partial charge in [0, 0.05) is 13.0 Å². The van der Waals surface area contributed by atoms with Crippen LogP contribution in [0, 0.1) is 0 Å². The summed E-state index contributed by atoms with van der Waals surface area (Å²) in [5, 5.41) is 26.0. The highest BCUT2D eigenvalue weighted by Crippen LogP contribution is 2.12. The van der Waals surface area contributed by atoms with Crippen LogP contribution in [0.1, 0.15) is 24.8 Å². The zero-order valence-corrected chi connectivity index (χ0v) is 19.5. The average molecular weight is 509 g/mol. The lowest BCUT2D eigenvalue weighted by atomic mass is 10.0. The summed E-state index contributed by atoms with van der Waals surface area (Å²) < 4.78 is 0. The number of carboxylic acid groups (broad SMARTS) is 1. The van der Waals surface area contributed by atoms with Crippen molar-refractivity contribution in [3.05, 3.63) is 29.8 Å². The van der Waals surface area contributed by atoms with Crippen LogP contribution in [0.4, 0.5) is 0 Å². The summed E-state index contributed by atoms with van der Waals surface area (Å²) in [4.78, 5) is 64.3. The van der Waals surface area contributed by atoms with Gasteiger partial charge in [-0.3, -0.25) is 24.2 Å². The number of amides is 4. The molecule has 1 rings (SSSR count). The first kappa shape index (κ1) is 29.6. The van der Waals surface area contributed by atoms with Gasteiger partial charge in [-0.1, -0.05) is 12.1 Å². The van der Waals surface area contributed by atoms with Crippen molar-refractivity contribution in [1.29, 1.82) is 0 Å². The Labute approximate surface area is 206 Å². The van der Waals surface area contributed by atoms with E-state index in [4.69, 9.17) is 22.9 Å². The van der Waals surface area contributed by atoms with Gasteiger partial charge in [-0.15, -0.1) is 0 Å². The molecule has 3 atom stereocenters. The van der Waals surface area contributed by atoms with Crippen LogP contribution in [0.5, 0.6) is 5.75 Å². The molecule has 1 aromatic carbocycles. The van der Waals surface area contributed by atoms with E-state index >= 15 is 0 Å². The molecule has 15 heteroatoms. The molecule has 0 fully saturated rings. The van der Waals surface area contributed by atoms with Gasteiger partial charge in [-0.25, -0.2) is 4.79 Å². The SMILES string of the molecule is NCC(=O)NC(CC(N)=O)C(=O)NC(CCCN=C(N)N)C(=O)NC(Cc1ccc(O)cc1)C(=O)O. The number of carbonyl (C=O) groups excluding carboxylic acids is 4. The average Bonchev–Trinajstić information content (AvgIpc) is 2.80. The topological polar surface area (TPSA) is 278 Å². The molecule has 15 nitrogen and oxygen atoms in total. The van der Waals surface area contributed by atoms with Gasteiger partial charge in [0.15, 0.2) is 5.96 Å². The van der Waals surface area contributed by atoms with E-state index in [0.29, 0.717) is 5.56 Å². The summed E-state index contributed by atoms with van der Waals surface area (Å²) in [6.07, 6.45) is -0.443. The van der Waals surface area contributed by atoms with Crippen LogP contribution < -0.4 is 38.9 Å². The van der Waals surface area contributed by atoms with Crippen molar-refractivity contribution in [3.63, 3.8) is 0 Å². The number of hydrogen-bond acceptors (Lipinski definition) is 8. The van der Waals surface area contributed by atoms with Gasteiger partial charge in [0.05, 0.1) is 13.0 Å². The predicted molar refractivity (Wildman–Crippen MR) is 128 cm³/mol. The minimum Gasteiger partial charge on any atom is -0.508 e. The Hall–Kier alpha value is -4.40. The first-order chi connectivity index (χ1) is 16.9. The molecule has 0 aliphatic carbocycles. The summed E-state index contributed by atoms with van der Waals surface area (Å²) >= 11 is 0. The van der Waals surface area contributed by atoms with E-state index in [2.05, 4.69) is 20.9 Å². The number of rotatable bonds is 15. The van der Waals surface area contributed by atoms with Gasteiger partial charge in [0.1, 0.15) is 23.9 Å². The molecule has 0 aromatic heterocycles. The molecule has 0 saturated heterocycles. The number of benzene rings is 1. The molecule has 0 aliphatic rings. The van der Waals surface area contributed by atoms with Crippen molar-refractivity contribution in [1.82, 2.24) is 16.0 Å². The molecule has 0 aliphatic heterocycles. The van der Waals surface area contributed by atoms with Gasteiger partial charge < -0.3 is 49.1 Å². The van der Waals surface area contributed by atoms with Crippen molar-refractivity contribution >= 4 is 35.6 Å². The quantitative estimate of drug-likeness (QED) is 0.0636. The van der Waals surface area contributed by atoms with E-state index < -0.39 is 60.7 Å². The molecule has 0 bridgehead atoms. The highest BCUT2D eigenvalue weighted by Gasteiger charge is 2.30. The number of nitrogens with zero attached hydrogens (tertiary/aromatic N) is 1. The third kappa shape index (κ3) is 11.1. The predicted octanol–water partition coefficient (Wildman–Crippen LogP) is -3.64. The van der Waals surface area contributed by atoms with Crippen LogP contribution >= 0.6 is 0 Å². The summed E-state index contributed by atoms with van der Waals surface area (Å²) in [5.74, 6) is -4.86. The number of primary amides is 1. The lowest BCUT2D eigenvalue weighted by molar-refractivity contribution is -0.142. The van der Waals surface area contributed by atoms with E-state index in [9.17, 15) is 34.2 Å². The number of carboxylic acids is 1. The Bertz CT molecular complexity index is 964. The molecule has 3 unspecified atom stereocenters. The molecule has 0 heterocycles. The summed E-state index contributed by atoms with van der Waals surface area (Å²) in [5.41, 5.74) is 21.5. The molecule has 13 N–H and O–H groups in total. The first-order valence-corrected chi connectivity index (χ1v) is 10.9. The minimum absolute atomic E-state index is 0.00592. The smallest absolute Gasteiger partial charge is 0.326 e. The Balaban J connectivity index is 3.04. The number of phenolic OH excluding ortho intramolecular Hbond substituents is 1. The Morgan fingerprint density at radius 3 is 2.00 bits per heavy atom. The Kier molecular flexibility index (Phi) is 12.2. The van der Waals surface area contributed by atoms with E-state index in [-0.39, 0.29) is 37.5 Å². The summed E-state index contributed by atoms with van der Waals surface area (Å²) in [6.45, 7) is -0.338. The second-order valence-corrected chi connectivity index (χ2v) is 7.77. The number of phenols is 1. The van der Waals surface area contributed by atoms with E-state index in [1.807, 2.05) is 0 Å². The number of carbonyl (C=O) groups is 5. The highest BCUT2D eigenvalue weighted by atomic mass is 16.4. The number of aromatic hydroxyl groups is 1. The molecular formula is C21H32N8O7. The zero-order valence-electron chi connectivity index (χ0n) is 19.5. The van der Waals surface area contributed by atoms with Crippen LogP contribution in [0.15, 0.2) is 29.3 Å². The summed E-state index contributed by atoms with van der Waals surface area (Å²) in [6, 6.07) is 1.71. The monoisotopic (exact) mass is 508 g/mol. The number of aliphatic carboxylic acids is 1. The highest BCUT2D eigenvalue weighted by molar-refractivity contribution is 5.95. The molecule has 4 amide bonds. The van der Waals surface area contributed by atoms with Crippen molar-refractivity contribution in [2.75, 3.05) is 13.1 Å². The molecule has 198 valence electrons. The minimum atomic E-state index is -1.40. The fraction of sp³-hybridized carbons (Fsp3) is 0.429. The number of aliphatic imine (C=N–C) groups is 1. The standard InChI is InChI=1S/C21H32N8O7/c22-10-17(32)27-14(9-16(23)31)19(34)28-13(2-1-7-26-21(24)25)18(33)29-15(20(35)36)8-11-3-5-12(30)6-4-11/h3-6,13-15,30H,1-2,7-10,22H2,(H2,23,31)(H,27,32)(H,28,34)(H,29,33)(H,35,36)(H4,24,25,26). The van der Waals surface area contributed by atoms with Crippen LogP contribution in [0.2, 0.25) is 0 Å². The first-order valence-electron chi connectivity index (χ1n) is 10.9. The van der Waals surface area contributed by atoms with E-state index in [1.165, 1.54) is 24.3 Å². The third-order valence-electron chi connectivity index (χ3n) is 4.81. The fourth-order valence-corrected chi connectivity index (χ4v) is 3.05. The summed E-state index contributed by atoms with van der Waals surface area (Å²) in [7, 11) is 0. The van der Waals surface area contributed by atoms with Crippen molar-refractivity contribution < 1.29 is 34.2 Å². The number of guanidine groups is 1. The van der Waals surface area contributed by atoms with Crippen molar-refractivity contribution in [2.24, 2.45) is 27.9 Å². The maximum absolute atomic E-state index is 13.0. The van der Waals surface area contributed by atoms with Gasteiger partial charge in [-0.05, 0) is 30.5 Å². The van der Waals surface area contributed by atoms with Crippen LogP contribution in [0.3, 0.4) is 0 Å². The number of nitrogens with two attached hydrogens (primary N) is 4. The van der Waals surface area contributed by atoms with Gasteiger partial charge >= 0.3 is 5.97 Å². The molecule has 0 saturated carbocycles. The molecule has 1 aromatic rings. The number of nitrogens with one attached hydrogen (secondary N) is 3. The van der Waals surface area contributed by atoms with Gasteiger partial charge in [0.25, 0.3) is 0 Å². The molecule has 0 spiro atoms. The van der Waals surface area contributed by atoms with E-state index in [1.54, 1.807) is 0 Å². The Morgan fingerprint density at radius 2 is 1.47 bits per heavy atom. The van der Waals surface area contributed by atoms with Crippen LogP contribution in [0.25, 0.3) is 0 Å². The molecule has 36 heavy (non-hydrogen) atoms. The normalized spacial score (nSPS) is 12.9. The molecule has 0 radical (unpaired) electrons. The largest absolute Gasteiger partial charge is 0.508 e. The maximum atomic E-state index is 13.0. The molecular weight excluding hydrogens is 476 g/mol. The third-order valence-corrected chi connectivity index (χ3v) is 4.81.